The average molecular weight is 323 g/mol. The van der Waals surface area contributed by atoms with Crippen LogP contribution in [0.4, 0.5) is 5.82 Å². The van der Waals surface area contributed by atoms with E-state index < -0.39 is 0 Å². The van der Waals surface area contributed by atoms with Crippen LogP contribution >= 0.6 is 0 Å². The molecule has 0 unspecified atom stereocenters. The molecule has 1 aliphatic carbocycles. The van der Waals surface area contributed by atoms with Gasteiger partial charge in [-0.2, -0.15) is 5.10 Å². The first-order valence-electron chi connectivity index (χ1n) is 8.48. The number of carbonyl (C=O) groups is 1. The highest BCUT2D eigenvalue weighted by Crippen LogP contribution is 2.33. The minimum absolute atomic E-state index is 0.200. The third-order valence-electron chi connectivity index (χ3n) is 4.78. The minimum atomic E-state index is -0.200. The van der Waals surface area contributed by atoms with Gasteiger partial charge in [-0.05, 0) is 24.8 Å². The van der Waals surface area contributed by atoms with Crippen LogP contribution in [0.1, 0.15) is 54.1 Å². The second-order valence-electron chi connectivity index (χ2n) is 6.57. The number of nitrogens with zero attached hydrogens (tertiary/aromatic N) is 3. The summed E-state index contributed by atoms with van der Waals surface area (Å²) in [5.41, 5.74) is 2.84. The molecule has 0 atom stereocenters. The molecule has 3 aromatic heterocycles. The molecule has 0 spiro atoms. The summed E-state index contributed by atoms with van der Waals surface area (Å²) in [6.45, 7) is 0. The zero-order valence-electron chi connectivity index (χ0n) is 13.7. The Bertz CT molecular complexity index is 873. The molecule has 2 N–H and O–H groups in total. The molecule has 6 nitrogen and oxygen atoms in total. The fraction of sp³-hybridized carbons (Fsp3) is 0.389. The van der Waals surface area contributed by atoms with E-state index in [9.17, 15) is 4.79 Å². The number of anilines is 1. The fourth-order valence-electron chi connectivity index (χ4n) is 3.48. The zero-order chi connectivity index (χ0) is 16.5. The lowest BCUT2D eigenvalue weighted by Crippen LogP contribution is -2.12. The smallest absolute Gasteiger partial charge is 0.260 e. The Balaban J connectivity index is 1.55. The molecule has 4 rings (SSSR count). The van der Waals surface area contributed by atoms with Crippen molar-refractivity contribution in [1.29, 1.82) is 0 Å². The molecule has 24 heavy (non-hydrogen) atoms. The Morgan fingerprint density at radius 3 is 2.83 bits per heavy atom. The lowest BCUT2D eigenvalue weighted by molar-refractivity contribution is 0.102. The Morgan fingerprint density at radius 1 is 1.25 bits per heavy atom. The predicted molar refractivity (Wildman–Crippen MR) is 93.1 cm³/mol. The van der Waals surface area contributed by atoms with Gasteiger partial charge in [0.1, 0.15) is 5.82 Å². The largest absolute Gasteiger partial charge is 0.358 e. The highest BCUT2D eigenvalue weighted by Gasteiger charge is 2.18. The van der Waals surface area contributed by atoms with Gasteiger partial charge in [0.05, 0.1) is 17.3 Å². The van der Waals surface area contributed by atoms with Crippen LogP contribution in [0.3, 0.4) is 0 Å². The van der Waals surface area contributed by atoms with E-state index >= 15 is 0 Å². The molecule has 1 amide bonds. The number of rotatable bonds is 3. The number of hydrogen-bond acceptors (Lipinski definition) is 3. The van der Waals surface area contributed by atoms with E-state index in [1.807, 2.05) is 12.3 Å². The van der Waals surface area contributed by atoms with Crippen LogP contribution in [-0.4, -0.2) is 25.7 Å². The molecule has 1 aliphatic rings. The first kappa shape index (κ1) is 14.9. The lowest BCUT2D eigenvalue weighted by Gasteiger charge is -2.20. The molecule has 0 radical (unpaired) electrons. The standard InChI is InChI=1S/C18H21N5O/c1-23-11-14(10-20-23)18(24)22-17-8-16-13(9-19-17)7-15(21-16)12-5-3-2-4-6-12/h7-12,21H,2-6H2,1H3,(H,19,22,24). The van der Waals surface area contributed by atoms with Crippen LogP contribution < -0.4 is 5.32 Å². The van der Waals surface area contributed by atoms with Gasteiger partial charge in [-0.25, -0.2) is 4.98 Å². The molecule has 6 heteroatoms. The topological polar surface area (TPSA) is 75.6 Å². The highest BCUT2D eigenvalue weighted by atomic mass is 16.1. The molecule has 1 fully saturated rings. The molecule has 0 aromatic carbocycles. The van der Waals surface area contributed by atoms with Crippen LogP contribution in [-0.2, 0) is 7.05 Å². The van der Waals surface area contributed by atoms with E-state index in [0.29, 0.717) is 17.3 Å². The van der Waals surface area contributed by atoms with Gasteiger partial charge < -0.3 is 10.3 Å². The second-order valence-corrected chi connectivity index (χ2v) is 6.57. The van der Waals surface area contributed by atoms with Crippen molar-refractivity contribution < 1.29 is 4.79 Å². The third kappa shape index (κ3) is 2.91. The van der Waals surface area contributed by atoms with E-state index in [4.69, 9.17) is 0 Å². The van der Waals surface area contributed by atoms with Crippen LogP contribution in [0.5, 0.6) is 0 Å². The van der Waals surface area contributed by atoms with E-state index in [0.717, 1.165) is 10.9 Å². The van der Waals surface area contributed by atoms with E-state index in [-0.39, 0.29) is 5.91 Å². The summed E-state index contributed by atoms with van der Waals surface area (Å²) < 4.78 is 1.60. The lowest BCUT2D eigenvalue weighted by atomic mass is 9.87. The van der Waals surface area contributed by atoms with Gasteiger partial charge in [-0.1, -0.05) is 19.3 Å². The monoisotopic (exact) mass is 323 g/mol. The van der Waals surface area contributed by atoms with Crippen molar-refractivity contribution in [2.45, 2.75) is 38.0 Å². The first-order valence-corrected chi connectivity index (χ1v) is 8.48. The Kier molecular flexibility index (Phi) is 3.80. The number of carbonyl (C=O) groups excluding carboxylic acids is 1. The molecule has 0 aliphatic heterocycles. The number of hydrogen-bond donors (Lipinski definition) is 2. The van der Waals surface area contributed by atoms with Crippen molar-refractivity contribution in [3.8, 4) is 0 Å². The van der Waals surface area contributed by atoms with E-state index in [1.54, 1.807) is 24.1 Å². The normalized spacial score (nSPS) is 15.7. The summed E-state index contributed by atoms with van der Waals surface area (Å²) in [5, 5.41) is 7.94. The van der Waals surface area contributed by atoms with Crippen LogP contribution in [0, 0.1) is 0 Å². The molecule has 1 saturated carbocycles. The van der Waals surface area contributed by atoms with Gasteiger partial charge in [-0.3, -0.25) is 9.48 Å². The molecule has 0 saturated heterocycles. The Morgan fingerprint density at radius 2 is 2.08 bits per heavy atom. The predicted octanol–water partition coefficient (Wildman–Crippen LogP) is 3.60. The number of aryl methyl sites for hydroxylation is 1. The molecular weight excluding hydrogens is 302 g/mol. The summed E-state index contributed by atoms with van der Waals surface area (Å²) in [6.07, 6.45) is 11.5. The van der Waals surface area contributed by atoms with Crippen molar-refractivity contribution in [3.05, 3.63) is 42.0 Å². The van der Waals surface area contributed by atoms with Crippen molar-refractivity contribution in [2.75, 3.05) is 5.32 Å². The molecule has 3 heterocycles. The molecule has 0 bridgehead atoms. The van der Waals surface area contributed by atoms with Crippen molar-refractivity contribution in [2.24, 2.45) is 7.05 Å². The quantitative estimate of drug-likeness (QED) is 0.773. The SMILES string of the molecule is Cn1cc(C(=O)Nc2cc3[nH]c(C4CCCCC4)cc3cn2)cn1. The van der Waals surface area contributed by atoms with Gasteiger partial charge in [0, 0.05) is 36.6 Å². The minimum Gasteiger partial charge on any atom is -0.358 e. The Hall–Kier alpha value is -2.63. The van der Waals surface area contributed by atoms with E-state index in [1.165, 1.54) is 37.8 Å². The summed E-state index contributed by atoms with van der Waals surface area (Å²) in [7, 11) is 1.78. The second kappa shape index (κ2) is 6.11. The molecule has 124 valence electrons. The number of fused-ring (bicyclic) bond motifs is 1. The number of nitrogens with one attached hydrogen (secondary N) is 2. The van der Waals surface area contributed by atoms with Crippen LogP contribution in [0.2, 0.25) is 0 Å². The van der Waals surface area contributed by atoms with Crippen molar-refractivity contribution in [1.82, 2.24) is 19.7 Å². The first-order chi connectivity index (χ1) is 11.7. The van der Waals surface area contributed by atoms with Crippen molar-refractivity contribution in [3.63, 3.8) is 0 Å². The number of aromatic nitrogens is 4. The van der Waals surface area contributed by atoms with Crippen molar-refractivity contribution >= 4 is 22.6 Å². The molecule has 3 aromatic rings. The maximum absolute atomic E-state index is 12.2. The number of pyridine rings is 1. The van der Waals surface area contributed by atoms with Gasteiger partial charge >= 0.3 is 0 Å². The highest BCUT2D eigenvalue weighted by molar-refractivity contribution is 6.04. The maximum atomic E-state index is 12.2. The average Bonchev–Trinajstić information content (AvgIpc) is 3.21. The van der Waals surface area contributed by atoms with Gasteiger partial charge in [0.2, 0.25) is 0 Å². The maximum Gasteiger partial charge on any atom is 0.260 e. The molecular formula is C18H21N5O. The number of H-pyrrole nitrogens is 1. The summed E-state index contributed by atoms with van der Waals surface area (Å²) in [6, 6.07) is 4.10. The summed E-state index contributed by atoms with van der Waals surface area (Å²) in [4.78, 5) is 20.1. The zero-order valence-corrected chi connectivity index (χ0v) is 13.7. The number of amides is 1. The third-order valence-corrected chi connectivity index (χ3v) is 4.78. The van der Waals surface area contributed by atoms with E-state index in [2.05, 4.69) is 26.4 Å². The van der Waals surface area contributed by atoms with Gasteiger partial charge in [0.15, 0.2) is 0 Å². The van der Waals surface area contributed by atoms with Crippen LogP contribution in [0.25, 0.3) is 10.9 Å². The fourth-order valence-corrected chi connectivity index (χ4v) is 3.48. The summed E-state index contributed by atoms with van der Waals surface area (Å²) >= 11 is 0. The van der Waals surface area contributed by atoms with Gasteiger partial charge in [0.25, 0.3) is 5.91 Å². The van der Waals surface area contributed by atoms with Crippen LogP contribution in [0.15, 0.2) is 30.7 Å². The summed E-state index contributed by atoms with van der Waals surface area (Å²) in [5.74, 6) is 0.974. The van der Waals surface area contributed by atoms with Gasteiger partial charge in [-0.15, -0.1) is 0 Å². The number of aromatic amines is 1. The Labute approximate surface area is 140 Å².